The van der Waals surface area contributed by atoms with Crippen molar-refractivity contribution in [2.24, 2.45) is 10.2 Å². The van der Waals surface area contributed by atoms with Crippen LogP contribution in [0.15, 0.2) is 46.6 Å². The van der Waals surface area contributed by atoms with E-state index in [1.807, 2.05) is 0 Å². The summed E-state index contributed by atoms with van der Waals surface area (Å²) in [6.07, 6.45) is 0. The van der Waals surface area contributed by atoms with Gasteiger partial charge >= 0.3 is 5.97 Å². The molecule has 0 heterocycles. The predicted octanol–water partition coefficient (Wildman–Crippen LogP) is 3.52. The Hall–Kier alpha value is -2.89. The fourth-order valence-electron chi connectivity index (χ4n) is 1.62. The Morgan fingerprint density at radius 3 is 2.20 bits per heavy atom. The molecule has 2 aromatic rings. The third kappa shape index (κ3) is 2.92. The van der Waals surface area contributed by atoms with Crippen LogP contribution in [-0.4, -0.2) is 21.3 Å². The molecule has 0 aliphatic rings. The maximum atomic E-state index is 11.0. The number of aromatic carboxylic acids is 1. The van der Waals surface area contributed by atoms with Gasteiger partial charge in [0.25, 0.3) is 0 Å². The minimum Gasteiger partial charge on any atom is -0.508 e. The highest BCUT2D eigenvalue weighted by Gasteiger charge is 2.13. The number of benzene rings is 2. The number of phenols is 2. The summed E-state index contributed by atoms with van der Waals surface area (Å²) in [5, 5.41) is 35.6. The number of carboxylic acid groups (broad SMARTS) is 1. The van der Waals surface area contributed by atoms with Crippen molar-refractivity contribution < 1.29 is 20.1 Å². The summed E-state index contributed by atoms with van der Waals surface area (Å²) in [6, 6.07) is 8.87. The minimum absolute atomic E-state index is 0.123. The lowest BCUT2D eigenvalue weighted by Gasteiger charge is -2.04. The van der Waals surface area contributed by atoms with Gasteiger partial charge in [-0.15, -0.1) is 0 Å². The summed E-state index contributed by atoms with van der Waals surface area (Å²) in [6.45, 7) is 1.58. The van der Waals surface area contributed by atoms with Crippen molar-refractivity contribution in [2.75, 3.05) is 0 Å². The highest BCUT2D eigenvalue weighted by Crippen LogP contribution is 2.29. The van der Waals surface area contributed by atoms with Crippen LogP contribution in [0.5, 0.6) is 11.5 Å². The predicted molar refractivity (Wildman–Crippen MR) is 72.1 cm³/mol. The highest BCUT2D eigenvalue weighted by molar-refractivity contribution is 5.92. The van der Waals surface area contributed by atoms with Crippen molar-refractivity contribution >= 4 is 17.3 Å². The molecule has 20 heavy (non-hydrogen) atoms. The van der Waals surface area contributed by atoms with Crippen LogP contribution < -0.4 is 0 Å². The molecule has 0 unspecified atom stereocenters. The molecule has 0 aliphatic carbocycles. The molecular weight excluding hydrogens is 260 g/mol. The second-order valence-electron chi connectivity index (χ2n) is 4.18. The molecule has 0 fully saturated rings. The number of aryl methyl sites for hydroxylation is 1. The average molecular weight is 272 g/mol. The van der Waals surface area contributed by atoms with Gasteiger partial charge in [-0.25, -0.2) is 4.79 Å². The highest BCUT2D eigenvalue weighted by atomic mass is 16.4. The number of carboxylic acids is 1. The van der Waals surface area contributed by atoms with Gasteiger partial charge in [-0.05, 0) is 48.9 Å². The summed E-state index contributed by atoms with van der Waals surface area (Å²) in [5.74, 6) is -1.38. The Balaban J connectivity index is 2.34. The molecular formula is C14H12N2O4. The first-order chi connectivity index (χ1) is 9.47. The topological polar surface area (TPSA) is 102 Å². The number of aromatic hydroxyl groups is 2. The fourth-order valence-corrected chi connectivity index (χ4v) is 1.62. The van der Waals surface area contributed by atoms with Crippen LogP contribution in [0.25, 0.3) is 0 Å². The zero-order valence-electron chi connectivity index (χ0n) is 10.6. The average Bonchev–Trinajstić information content (AvgIpc) is 2.41. The SMILES string of the molecule is Cc1cc(N=Nc2ccc(O)cc2)cc(C(=O)O)c1O. The van der Waals surface area contributed by atoms with Crippen LogP contribution in [0, 0.1) is 6.92 Å². The molecule has 0 radical (unpaired) electrons. The number of hydrogen-bond donors (Lipinski definition) is 3. The molecule has 2 rings (SSSR count). The number of hydrogen-bond acceptors (Lipinski definition) is 5. The lowest BCUT2D eigenvalue weighted by molar-refractivity contribution is 0.0693. The van der Waals surface area contributed by atoms with Crippen molar-refractivity contribution in [2.45, 2.75) is 6.92 Å². The Kier molecular flexibility index (Phi) is 3.65. The molecule has 0 saturated carbocycles. The standard InChI is InChI=1S/C14H12N2O4/c1-8-6-10(7-12(13(8)18)14(19)20)16-15-9-2-4-11(17)5-3-9/h2-7,17-18H,1H3,(H,19,20). The second kappa shape index (κ2) is 5.40. The van der Waals surface area contributed by atoms with Gasteiger partial charge in [-0.3, -0.25) is 0 Å². The monoisotopic (exact) mass is 272 g/mol. The van der Waals surface area contributed by atoms with E-state index in [1.54, 1.807) is 19.1 Å². The van der Waals surface area contributed by atoms with Crippen molar-refractivity contribution in [1.29, 1.82) is 0 Å². The van der Waals surface area contributed by atoms with Gasteiger partial charge in [-0.2, -0.15) is 10.2 Å². The van der Waals surface area contributed by atoms with Gasteiger partial charge in [0.15, 0.2) is 0 Å². The molecule has 6 nitrogen and oxygen atoms in total. The lowest BCUT2D eigenvalue weighted by Crippen LogP contribution is -1.97. The van der Waals surface area contributed by atoms with Gasteiger partial charge < -0.3 is 15.3 Å². The molecule has 0 aromatic heterocycles. The lowest BCUT2D eigenvalue weighted by atomic mass is 10.1. The molecule has 3 N–H and O–H groups in total. The molecule has 0 atom stereocenters. The third-order valence-electron chi connectivity index (χ3n) is 2.65. The zero-order valence-corrected chi connectivity index (χ0v) is 10.6. The number of nitrogens with zero attached hydrogens (tertiary/aromatic N) is 2. The largest absolute Gasteiger partial charge is 0.508 e. The van der Waals surface area contributed by atoms with E-state index in [1.165, 1.54) is 24.3 Å². The van der Waals surface area contributed by atoms with Crippen LogP contribution in [0.2, 0.25) is 0 Å². The molecule has 0 spiro atoms. The molecule has 0 amide bonds. The van der Waals surface area contributed by atoms with Gasteiger partial charge in [0, 0.05) is 0 Å². The van der Waals surface area contributed by atoms with E-state index in [4.69, 9.17) is 10.2 Å². The Labute approximate surface area is 114 Å². The van der Waals surface area contributed by atoms with Crippen LogP contribution in [0.3, 0.4) is 0 Å². The molecule has 102 valence electrons. The summed E-state index contributed by atoms with van der Waals surface area (Å²) < 4.78 is 0. The molecule has 6 heteroatoms. The number of carbonyl (C=O) groups is 1. The number of azo groups is 1. The van der Waals surface area contributed by atoms with E-state index < -0.39 is 5.97 Å². The first-order valence-electron chi connectivity index (χ1n) is 5.75. The number of phenolic OH excluding ortho intramolecular Hbond substituents is 1. The Bertz CT molecular complexity index is 678. The second-order valence-corrected chi connectivity index (χ2v) is 4.18. The van der Waals surface area contributed by atoms with Crippen LogP contribution in [0.4, 0.5) is 11.4 Å². The normalized spacial score (nSPS) is 10.8. The first kappa shape index (κ1) is 13.5. The van der Waals surface area contributed by atoms with Crippen molar-refractivity contribution in [3.05, 3.63) is 47.5 Å². The maximum Gasteiger partial charge on any atom is 0.339 e. The quantitative estimate of drug-likeness (QED) is 0.744. The fraction of sp³-hybridized carbons (Fsp3) is 0.0714. The van der Waals surface area contributed by atoms with Crippen LogP contribution >= 0.6 is 0 Å². The summed E-state index contributed by atoms with van der Waals surface area (Å²) in [5.41, 5.74) is 1.03. The summed E-state index contributed by atoms with van der Waals surface area (Å²) in [7, 11) is 0. The van der Waals surface area contributed by atoms with Crippen molar-refractivity contribution in [1.82, 2.24) is 0 Å². The molecule has 0 saturated heterocycles. The Morgan fingerprint density at radius 2 is 1.60 bits per heavy atom. The Morgan fingerprint density at radius 1 is 1.00 bits per heavy atom. The van der Waals surface area contributed by atoms with E-state index in [0.29, 0.717) is 16.9 Å². The van der Waals surface area contributed by atoms with E-state index in [2.05, 4.69) is 10.2 Å². The van der Waals surface area contributed by atoms with E-state index in [-0.39, 0.29) is 17.1 Å². The third-order valence-corrected chi connectivity index (χ3v) is 2.65. The molecule has 0 bridgehead atoms. The zero-order chi connectivity index (χ0) is 14.7. The van der Waals surface area contributed by atoms with Crippen LogP contribution in [0.1, 0.15) is 15.9 Å². The van der Waals surface area contributed by atoms with E-state index >= 15 is 0 Å². The van der Waals surface area contributed by atoms with Gasteiger partial charge in [0.2, 0.25) is 0 Å². The van der Waals surface area contributed by atoms with Crippen molar-refractivity contribution in [3.8, 4) is 11.5 Å². The summed E-state index contributed by atoms with van der Waals surface area (Å²) >= 11 is 0. The van der Waals surface area contributed by atoms with Gasteiger partial charge in [-0.1, -0.05) is 0 Å². The number of rotatable bonds is 3. The molecule has 2 aromatic carbocycles. The van der Waals surface area contributed by atoms with Gasteiger partial charge in [0.1, 0.15) is 17.1 Å². The van der Waals surface area contributed by atoms with E-state index in [0.717, 1.165) is 0 Å². The smallest absolute Gasteiger partial charge is 0.339 e. The van der Waals surface area contributed by atoms with Gasteiger partial charge in [0.05, 0.1) is 11.4 Å². The minimum atomic E-state index is -1.23. The van der Waals surface area contributed by atoms with E-state index in [9.17, 15) is 9.90 Å². The van der Waals surface area contributed by atoms with Crippen LogP contribution in [-0.2, 0) is 0 Å². The first-order valence-corrected chi connectivity index (χ1v) is 5.75. The summed E-state index contributed by atoms with van der Waals surface area (Å²) in [4.78, 5) is 11.0. The molecule has 0 aliphatic heterocycles. The maximum absolute atomic E-state index is 11.0. The van der Waals surface area contributed by atoms with Crippen molar-refractivity contribution in [3.63, 3.8) is 0 Å².